The van der Waals surface area contributed by atoms with Crippen molar-refractivity contribution in [3.8, 4) is 0 Å². The van der Waals surface area contributed by atoms with Gasteiger partial charge in [-0.1, -0.05) is 12.1 Å². The molecule has 2 heterocycles. The Bertz CT molecular complexity index is 630. The van der Waals surface area contributed by atoms with Crippen LogP contribution in [-0.4, -0.2) is 9.97 Å². The molecule has 0 aliphatic carbocycles. The van der Waals surface area contributed by atoms with Crippen LogP contribution in [-0.2, 0) is 6.54 Å². The second-order valence-corrected chi connectivity index (χ2v) is 4.76. The first-order chi connectivity index (χ1) is 8.85. The molecule has 0 spiro atoms. The van der Waals surface area contributed by atoms with Crippen LogP contribution in [0.1, 0.15) is 5.69 Å². The molecular weight excluding hydrogens is 246 g/mol. The maximum absolute atomic E-state index is 5.63. The van der Waals surface area contributed by atoms with E-state index >= 15 is 0 Å². The van der Waals surface area contributed by atoms with Crippen LogP contribution in [0.3, 0.4) is 0 Å². The highest BCUT2D eigenvalue weighted by Gasteiger charge is 2.07. The number of oxazole rings is 1. The molecular formula is C13H11N3OS. The van der Waals surface area contributed by atoms with Crippen molar-refractivity contribution in [1.82, 2.24) is 9.97 Å². The summed E-state index contributed by atoms with van der Waals surface area (Å²) in [6.07, 6.45) is 1.78. The Morgan fingerprint density at radius 3 is 2.78 bits per heavy atom. The third-order valence-electron chi connectivity index (χ3n) is 2.49. The van der Waals surface area contributed by atoms with Crippen LogP contribution in [0, 0.1) is 0 Å². The molecule has 0 atom stereocenters. The van der Waals surface area contributed by atoms with Crippen LogP contribution >= 0.6 is 11.8 Å². The number of hydrogen-bond acceptors (Lipinski definition) is 5. The lowest BCUT2D eigenvalue weighted by molar-refractivity contribution is 0.489. The standard InChI is InChI=1S/C13H11N3OS/c14-7-9-5-6-10(8-15-9)18-13-16-11-3-1-2-4-12(11)17-13/h1-6,8H,7,14H2. The molecule has 4 nitrogen and oxygen atoms in total. The minimum atomic E-state index is 0.452. The molecule has 0 amide bonds. The largest absolute Gasteiger partial charge is 0.431 e. The summed E-state index contributed by atoms with van der Waals surface area (Å²) in [7, 11) is 0. The van der Waals surface area contributed by atoms with E-state index in [1.54, 1.807) is 6.20 Å². The monoisotopic (exact) mass is 257 g/mol. The Morgan fingerprint density at radius 2 is 2.06 bits per heavy atom. The van der Waals surface area contributed by atoms with E-state index in [1.807, 2.05) is 36.4 Å². The van der Waals surface area contributed by atoms with E-state index in [1.165, 1.54) is 11.8 Å². The normalized spacial score (nSPS) is 10.9. The lowest BCUT2D eigenvalue weighted by atomic mass is 10.3. The quantitative estimate of drug-likeness (QED) is 0.781. The van der Waals surface area contributed by atoms with Gasteiger partial charge in [0, 0.05) is 17.6 Å². The van der Waals surface area contributed by atoms with Crippen molar-refractivity contribution in [2.45, 2.75) is 16.7 Å². The summed E-state index contributed by atoms with van der Waals surface area (Å²) < 4.78 is 5.63. The molecule has 0 radical (unpaired) electrons. The lowest BCUT2D eigenvalue weighted by Gasteiger charge is -1.98. The Morgan fingerprint density at radius 1 is 1.17 bits per heavy atom. The van der Waals surface area contributed by atoms with E-state index in [4.69, 9.17) is 10.2 Å². The second kappa shape index (κ2) is 4.80. The van der Waals surface area contributed by atoms with Crippen LogP contribution < -0.4 is 5.73 Å². The van der Waals surface area contributed by atoms with Crippen LogP contribution in [0.2, 0.25) is 0 Å². The van der Waals surface area contributed by atoms with Crippen molar-refractivity contribution < 1.29 is 4.42 Å². The van der Waals surface area contributed by atoms with Gasteiger partial charge in [-0.3, -0.25) is 4.98 Å². The average Bonchev–Trinajstić information content (AvgIpc) is 2.82. The molecule has 2 N–H and O–H groups in total. The van der Waals surface area contributed by atoms with Gasteiger partial charge < -0.3 is 10.2 Å². The number of benzene rings is 1. The van der Waals surface area contributed by atoms with Crippen molar-refractivity contribution in [2.24, 2.45) is 5.73 Å². The predicted octanol–water partition coefficient (Wildman–Crippen LogP) is 2.83. The molecule has 3 rings (SSSR count). The maximum atomic E-state index is 5.63. The van der Waals surface area contributed by atoms with Gasteiger partial charge in [-0.2, -0.15) is 0 Å². The molecule has 18 heavy (non-hydrogen) atoms. The highest BCUT2D eigenvalue weighted by molar-refractivity contribution is 7.99. The number of nitrogens with zero attached hydrogens (tertiary/aromatic N) is 2. The molecule has 2 aromatic heterocycles. The molecule has 0 saturated heterocycles. The highest BCUT2D eigenvalue weighted by Crippen LogP contribution is 2.29. The van der Waals surface area contributed by atoms with Gasteiger partial charge in [-0.25, -0.2) is 4.98 Å². The second-order valence-electron chi connectivity index (χ2n) is 3.74. The number of fused-ring (bicyclic) bond motifs is 1. The van der Waals surface area contributed by atoms with Crippen LogP contribution in [0.15, 0.2) is 57.1 Å². The van der Waals surface area contributed by atoms with Crippen molar-refractivity contribution in [1.29, 1.82) is 0 Å². The first-order valence-electron chi connectivity index (χ1n) is 5.53. The van der Waals surface area contributed by atoms with Gasteiger partial charge in [0.25, 0.3) is 5.22 Å². The summed E-state index contributed by atoms with van der Waals surface area (Å²) in [6, 6.07) is 11.6. The van der Waals surface area contributed by atoms with Gasteiger partial charge in [-0.15, -0.1) is 0 Å². The van der Waals surface area contributed by atoms with Crippen molar-refractivity contribution in [2.75, 3.05) is 0 Å². The number of para-hydroxylation sites is 2. The third-order valence-corrected chi connectivity index (χ3v) is 3.31. The third kappa shape index (κ3) is 2.23. The van der Waals surface area contributed by atoms with Gasteiger partial charge in [-0.05, 0) is 36.0 Å². The van der Waals surface area contributed by atoms with Crippen molar-refractivity contribution >= 4 is 22.9 Å². The molecule has 3 aromatic rings. The molecule has 0 bridgehead atoms. The summed E-state index contributed by atoms with van der Waals surface area (Å²) in [4.78, 5) is 9.61. The molecule has 5 heteroatoms. The van der Waals surface area contributed by atoms with Crippen LogP contribution in [0.5, 0.6) is 0 Å². The lowest BCUT2D eigenvalue weighted by Crippen LogP contribution is -1.98. The van der Waals surface area contributed by atoms with Gasteiger partial charge in [0.1, 0.15) is 5.52 Å². The summed E-state index contributed by atoms with van der Waals surface area (Å²) in [5.74, 6) is 0. The summed E-state index contributed by atoms with van der Waals surface area (Å²) in [5.41, 5.74) is 8.04. The zero-order valence-corrected chi connectivity index (χ0v) is 10.4. The van der Waals surface area contributed by atoms with E-state index in [0.29, 0.717) is 11.8 Å². The summed E-state index contributed by atoms with van der Waals surface area (Å²) in [6.45, 7) is 0.452. The van der Waals surface area contributed by atoms with E-state index in [0.717, 1.165) is 21.7 Å². The van der Waals surface area contributed by atoms with E-state index in [2.05, 4.69) is 9.97 Å². The van der Waals surface area contributed by atoms with Crippen molar-refractivity contribution in [3.05, 3.63) is 48.3 Å². The highest BCUT2D eigenvalue weighted by atomic mass is 32.2. The van der Waals surface area contributed by atoms with Gasteiger partial charge in [0.05, 0.1) is 5.69 Å². The van der Waals surface area contributed by atoms with Crippen LogP contribution in [0.25, 0.3) is 11.1 Å². The zero-order valence-electron chi connectivity index (χ0n) is 9.54. The number of hydrogen-bond donors (Lipinski definition) is 1. The smallest absolute Gasteiger partial charge is 0.261 e. The molecule has 0 saturated carbocycles. The van der Waals surface area contributed by atoms with Crippen molar-refractivity contribution in [3.63, 3.8) is 0 Å². The molecule has 0 aliphatic rings. The Balaban J connectivity index is 1.86. The minimum Gasteiger partial charge on any atom is -0.431 e. The fraction of sp³-hybridized carbons (Fsp3) is 0.0769. The summed E-state index contributed by atoms with van der Waals surface area (Å²) in [5, 5.41) is 0.624. The number of nitrogens with two attached hydrogens (primary N) is 1. The Kier molecular flexibility index (Phi) is 3.00. The average molecular weight is 257 g/mol. The first kappa shape index (κ1) is 11.3. The molecule has 1 aromatic carbocycles. The molecule has 0 aliphatic heterocycles. The van der Waals surface area contributed by atoms with Crippen LogP contribution in [0.4, 0.5) is 0 Å². The molecule has 90 valence electrons. The number of pyridine rings is 1. The van der Waals surface area contributed by atoms with E-state index in [-0.39, 0.29) is 0 Å². The Labute approximate surface area is 108 Å². The fourth-order valence-corrected chi connectivity index (χ4v) is 2.31. The van der Waals surface area contributed by atoms with Gasteiger partial charge in [0.2, 0.25) is 0 Å². The zero-order chi connectivity index (χ0) is 12.4. The Hall–Kier alpha value is -1.85. The predicted molar refractivity (Wildman–Crippen MR) is 70.3 cm³/mol. The SMILES string of the molecule is NCc1ccc(Sc2nc3ccccc3o2)cn1. The summed E-state index contributed by atoms with van der Waals surface area (Å²) >= 11 is 1.45. The topological polar surface area (TPSA) is 64.9 Å². The number of rotatable bonds is 3. The molecule has 0 unspecified atom stereocenters. The van der Waals surface area contributed by atoms with Gasteiger partial charge in [0.15, 0.2) is 5.58 Å². The minimum absolute atomic E-state index is 0.452. The number of aromatic nitrogens is 2. The van der Waals surface area contributed by atoms with Gasteiger partial charge >= 0.3 is 0 Å². The van der Waals surface area contributed by atoms with E-state index in [9.17, 15) is 0 Å². The first-order valence-corrected chi connectivity index (χ1v) is 6.35. The van der Waals surface area contributed by atoms with E-state index < -0.39 is 0 Å². The maximum Gasteiger partial charge on any atom is 0.261 e. The fourth-order valence-electron chi connectivity index (χ4n) is 1.59. The molecule has 0 fully saturated rings.